The maximum atomic E-state index is 3.91. The summed E-state index contributed by atoms with van der Waals surface area (Å²) in [5.74, 6) is 1.74. The number of hydrogen-bond acceptors (Lipinski definition) is 2. The van der Waals surface area contributed by atoms with E-state index in [1.54, 1.807) is 0 Å². The fourth-order valence-corrected chi connectivity index (χ4v) is 5.93. The molecule has 5 rings (SSSR count). The molecule has 2 nitrogen and oxygen atoms in total. The van der Waals surface area contributed by atoms with Crippen LogP contribution < -0.4 is 10.6 Å². The molecule has 0 heterocycles. The zero-order valence-electron chi connectivity index (χ0n) is 25.4. The molecule has 0 radical (unpaired) electrons. The van der Waals surface area contributed by atoms with E-state index in [-0.39, 0.29) is 0 Å². The smallest absolute Gasteiger partial charge is 0.0464 e. The van der Waals surface area contributed by atoms with Crippen molar-refractivity contribution in [3.8, 4) is 0 Å². The summed E-state index contributed by atoms with van der Waals surface area (Å²) in [4.78, 5) is 0. The average Bonchev–Trinajstić information content (AvgIpc) is 2.92. The molecular formula is C38H44N2. The SMILES string of the molecule is CC(C)c1cccc(C(C)C)c1Nc1cccc2cc3cccc(Nc4c(C(C)C)cccc4C(C)C)c3cc12. The van der Waals surface area contributed by atoms with E-state index >= 15 is 0 Å². The van der Waals surface area contributed by atoms with Gasteiger partial charge in [-0.3, -0.25) is 0 Å². The lowest BCUT2D eigenvalue weighted by Crippen LogP contribution is -2.04. The first-order valence-electron chi connectivity index (χ1n) is 14.9. The van der Waals surface area contributed by atoms with Gasteiger partial charge in [-0.15, -0.1) is 0 Å². The monoisotopic (exact) mass is 528 g/mol. The Morgan fingerprint density at radius 3 is 1.05 bits per heavy atom. The maximum Gasteiger partial charge on any atom is 0.0464 e. The minimum absolute atomic E-state index is 0.434. The normalized spacial score (nSPS) is 11.9. The van der Waals surface area contributed by atoms with E-state index in [9.17, 15) is 0 Å². The van der Waals surface area contributed by atoms with Crippen LogP contribution in [-0.4, -0.2) is 0 Å². The Kier molecular flexibility index (Phi) is 7.90. The maximum absolute atomic E-state index is 3.91. The lowest BCUT2D eigenvalue weighted by molar-refractivity contribution is 0.838. The first-order valence-corrected chi connectivity index (χ1v) is 14.9. The summed E-state index contributed by atoms with van der Waals surface area (Å²) in [6.07, 6.45) is 0. The van der Waals surface area contributed by atoms with E-state index in [0.29, 0.717) is 23.7 Å². The fourth-order valence-electron chi connectivity index (χ4n) is 5.93. The molecule has 5 aromatic carbocycles. The molecule has 0 bridgehead atoms. The van der Waals surface area contributed by atoms with Crippen LogP contribution >= 0.6 is 0 Å². The van der Waals surface area contributed by atoms with E-state index in [1.165, 1.54) is 55.2 Å². The van der Waals surface area contributed by atoms with Crippen LogP contribution in [0.2, 0.25) is 0 Å². The highest BCUT2D eigenvalue weighted by Crippen LogP contribution is 2.40. The molecule has 40 heavy (non-hydrogen) atoms. The van der Waals surface area contributed by atoms with Gasteiger partial charge in [-0.25, -0.2) is 0 Å². The van der Waals surface area contributed by atoms with Crippen molar-refractivity contribution < 1.29 is 0 Å². The van der Waals surface area contributed by atoms with Crippen LogP contribution in [0, 0.1) is 0 Å². The molecule has 2 heteroatoms. The van der Waals surface area contributed by atoms with Crippen LogP contribution in [0.25, 0.3) is 21.5 Å². The standard InChI is InChI=1S/C38H44N2/c1-23(2)29-15-11-16-30(24(3)4)37(29)39-35-19-9-13-27-21-28-14-10-20-36(34(28)22-33(27)35)40-38-31(25(5)6)17-12-18-32(38)26(7)8/h9-26,39-40H,1-8H3. The van der Waals surface area contributed by atoms with Gasteiger partial charge in [-0.2, -0.15) is 0 Å². The highest BCUT2D eigenvalue weighted by Gasteiger charge is 2.17. The molecule has 206 valence electrons. The number of hydrogen-bond donors (Lipinski definition) is 2. The van der Waals surface area contributed by atoms with Crippen LogP contribution in [0.4, 0.5) is 22.7 Å². The van der Waals surface area contributed by atoms with Crippen molar-refractivity contribution in [3.63, 3.8) is 0 Å². The molecule has 2 N–H and O–H groups in total. The predicted molar refractivity (Wildman–Crippen MR) is 177 cm³/mol. The van der Waals surface area contributed by atoms with Crippen molar-refractivity contribution >= 4 is 44.3 Å². The molecule has 0 spiro atoms. The van der Waals surface area contributed by atoms with Crippen LogP contribution in [0.15, 0.2) is 84.9 Å². The molecule has 0 fully saturated rings. The summed E-state index contributed by atoms with van der Waals surface area (Å²) >= 11 is 0. The Hall–Kier alpha value is -3.78. The molecule has 0 aliphatic carbocycles. The van der Waals surface area contributed by atoms with Gasteiger partial charge in [0.15, 0.2) is 0 Å². The van der Waals surface area contributed by atoms with Gasteiger partial charge in [0.1, 0.15) is 0 Å². The second-order valence-corrected chi connectivity index (χ2v) is 12.4. The number of benzene rings is 5. The molecule has 0 atom stereocenters. The topological polar surface area (TPSA) is 24.1 Å². The van der Waals surface area contributed by atoms with E-state index in [2.05, 4.69) is 151 Å². The number of fused-ring (bicyclic) bond motifs is 2. The highest BCUT2D eigenvalue weighted by molar-refractivity contribution is 6.08. The number of nitrogens with one attached hydrogen (secondary N) is 2. The van der Waals surface area contributed by atoms with Gasteiger partial charge in [0, 0.05) is 33.5 Å². The largest absolute Gasteiger partial charge is 0.355 e. The van der Waals surface area contributed by atoms with Crippen molar-refractivity contribution in [2.45, 2.75) is 79.1 Å². The second kappa shape index (κ2) is 11.4. The van der Waals surface area contributed by atoms with Crippen molar-refractivity contribution in [2.24, 2.45) is 0 Å². The summed E-state index contributed by atoms with van der Waals surface area (Å²) in [5.41, 5.74) is 10.2. The molecular weight excluding hydrogens is 484 g/mol. The molecule has 0 amide bonds. The molecule has 5 aromatic rings. The van der Waals surface area contributed by atoms with Gasteiger partial charge in [0.2, 0.25) is 0 Å². The van der Waals surface area contributed by atoms with Gasteiger partial charge in [-0.1, -0.05) is 116 Å². The van der Waals surface area contributed by atoms with Crippen molar-refractivity contribution in [1.29, 1.82) is 0 Å². The van der Waals surface area contributed by atoms with Gasteiger partial charge < -0.3 is 10.6 Å². The molecule has 0 saturated heterocycles. The minimum atomic E-state index is 0.434. The second-order valence-electron chi connectivity index (χ2n) is 12.4. The van der Waals surface area contributed by atoms with Crippen LogP contribution in [0.1, 0.15) is 101 Å². The Bertz CT molecular complexity index is 1480. The fraction of sp³-hybridized carbons (Fsp3) is 0.316. The van der Waals surface area contributed by atoms with Gasteiger partial charge in [0.05, 0.1) is 0 Å². The first kappa shape index (κ1) is 27.8. The third kappa shape index (κ3) is 5.32. The summed E-state index contributed by atoms with van der Waals surface area (Å²) in [7, 11) is 0. The Morgan fingerprint density at radius 2 is 0.725 bits per heavy atom. The predicted octanol–water partition coefficient (Wildman–Crippen LogP) is 12.0. The zero-order chi connectivity index (χ0) is 28.6. The minimum Gasteiger partial charge on any atom is -0.355 e. The molecule has 0 unspecified atom stereocenters. The zero-order valence-corrected chi connectivity index (χ0v) is 25.4. The summed E-state index contributed by atoms with van der Waals surface area (Å²) < 4.78 is 0. The molecule has 0 aromatic heterocycles. The van der Waals surface area contributed by atoms with Gasteiger partial charge in [0.25, 0.3) is 0 Å². The number of rotatable bonds is 8. The van der Waals surface area contributed by atoms with E-state index in [1.807, 2.05) is 0 Å². The first-order chi connectivity index (χ1) is 19.2. The summed E-state index contributed by atoms with van der Waals surface area (Å²) in [6.45, 7) is 18.2. The van der Waals surface area contributed by atoms with Crippen LogP contribution in [0.5, 0.6) is 0 Å². The van der Waals surface area contributed by atoms with Crippen LogP contribution in [-0.2, 0) is 0 Å². The Labute approximate surface area is 240 Å². The lowest BCUT2D eigenvalue weighted by Gasteiger charge is -2.23. The highest BCUT2D eigenvalue weighted by atomic mass is 14.9. The third-order valence-corrected chi connectivity index (χ3v) is 8.14. The number of para-hydroxylation sites is 2. The molecule has 0 aliphatic rings. The van der Waals surface area contributed by atoms with Crippen molar-refractivity contribution in [3.05, 3.63) is 107 Å². The molecule has 0 aliphatic heterocycles. The average molecular weight is 529 g/mol. The van der Waals surface area contributed by atoms with Crippen LogP contribution in [0.3, 0.4) is 0 Å². The molecule has 0 saturated carbocycles. The lowest BCUT2D eigenvalue weighted by atomic mass is 9.92. The van der Waals surface area contributed by atoms with Gasteiger partial charge in [-0.05, 0) is 81.0 Å². The number of anilines is 4. The van der Waals surface area contributed by atoms with E-state index in [0.717, 1.165) is 11.4 Å². The van der Waals surface area contributed by atoms with Crippen molar-refractivity contribution in [2.75, 3.05) is 10.6 Å². The van der Waals surface area contributed by atoms with Gasteiger partial charge >= 0.3 is 0 Å². The Morgan fingerprint density at radius 1 is 0.400 bits per heavy atom. The Balaban J connectivity index is 1.68. The third-order valence-electron chi connectivity index (χ3n) is 8.14. The summed E-state index contributed by atoms with van der Waals surface area (Å²) in [5, 5.41) is 12.8. The summed E-state index contributed by atoms with van der Waals surface area (Å²) in [6, 6.07) is 31.4. The van der Waals surface area contributed by atoms with E-state index < -0.39 is 0 Å². The quantitative estimate of drug-likeness (QED) is 0.196. The van der Waals surface area contributed by atoms with E-state index in [4.69, 9.17) is 0 Å². The van der Waals surface area contributed by atoms with Crippen molar-refractivity contribution in [1.82, 2.24) is 0 Å².